The van der Waals surface area contributed by atoms with Gasteiger partial charge >= 0.3 is 0 Å². The first-order valence-electron chi connectivity index (χ1n) is 7.26. The maximum atomic E-state index is 12.4. The standard InChI is InChI=1S/C17H13ClN4OS/c1-2-14-8-11(10-19)17(24-14)20-16(23)15-6-7-22(21-15)13-5-3-4-12(18)9-13/h3-9H,2H2,1H3,(H,20,23). The Morgan fingerprint density at radius 3 is 2.96 bits per heavy atom. The number of halogens is 1. The van der Waals surface area contributed by atoms with Crippen LogP contribution in [0.1, 0.15) is 27.9 Å². The first-order chi connectivity index (χ1) is 11.6. The van der Waals surface area contributed by atoms with Crippen molar-refractivity contribution in [3.8, 4) is 11.8 Å². The van der Waals surface area contributed by atoms with E-state index in [9.17, 15) is 4.79 Å². The number of hydrogen-bond donors (Lipinski definition) is 1. The van der Waals surface area contributed by atoms with E-state index in [1.807, 2.05) is 19.1 Å². The summed E-state index contributed by atoms with van der Waals surface area (Å²) < 4.78 is 1.58. The highest BCUT2D eigenvalue weighted by molar-refractivity contribution is 7.16. The lowest BCUT2D eigenvalue weighted by molar-refractivity contribution is 0.102. The fourth-order valence-corrected chi connectivity index (χ4v) is 3.29. The zero-order chi connectivity index (χ0) is 17.1. The van der Waals surface area contributed by atoms with Gasteiger partial charge in [-0.25, -0.2) is 4.68 Å². The molecule has 0 bridgehead atoms. The van der Waals surface area contributed by atoms with Crippen molar-refractivity contribution in [2.45, 2.75) is 13.3 Å². The van der Waals surface area contributed by atoms with Gasteiger partial charge in [0, 0.05) is 16.1 Å². The Morgan fingerprint density at radius 2 is 2.25 bits per heavy atom. The van der Waals surface area contributed by atoms with Crippen LogP contribution in [0.2, 0.25) is 5.02 Å². The molecule has 1 amide bonds. The largest absolute Gasteiger partial charge is 0.311 e. The third-order valence-electron chi connectivity index (χ3n) is 3.37. The fourth-order valence-electron chi connectivity index (χ4n) is 2.17. The van der Waals surface area contributed by atoms with Gasteiger partial charge in [-0.15, -0.1) is 11.3 Å². The number of nitriles is 1. The molecule has 0 atom stereocenters. The number of nitrogens with one attached hydrogen (secondary N) is 1. The van der Waals surface area contributed by atoms with Crippen molar-refractivity contribution in [1.82, 2.24) is 9.78 Å². The third-order valence-corrected chi connectivity index (χ3v) is 4.80. The van der Waals surface area contributed by atoms with Crippen LogP contribution in [0, 0.1) is 11.3 Å². The summed E-state index contributed by atoms with van der Waals surface area (Å²) in [5.74, 6) is -0.350. The quantitative estimate of drug-likeness (QED) is 0.758. The van der Waals surface area contributed by atoms with Crippen molar-refractivity contribution in [3.63, 3.8) is 0 Å². The van der Waals surface area contributed by atoms with Crippen molar-refractivity contribution in [1.29, 1.82) is 5.26 Å². The number of carbonyl (C=O) groups excluding carboxylic acids is 1. The number of aryl methyl sites for hydroxylation is 1. The summed E-state index contributed by atoms with van der Waals surface area (Å²) in [7, 11) is 0. The third kappa shape index (κ3) is 3.32. The van der Waals surface area contributed by atoms with E-state index in [-0.39, 0.29) is 11.6 Å². The predicted molar refractivity (Wildman–Crippen MR) is 94.9 cm³/mol. The zero-order valence-electron chi connectivity index (χ0n) is 12.8. The number of nitrogens with zero attached hydrogens (tertiary/aromatic N) is 3. The molecule has 0 fully saturated rings. The predicted octanol–water partition coefficient (Wildman–Crippen LogP) is 4.27. The van der Waals surface area contributed by atoms with E-state index >= 15 is 0 Å². The molecule has 24 heavy (non-hydrogen) atoms. The number of rotatable bonds is 4. The summed E-state index contributed by atoms with van der Waals surface area (Å²) in [6.45, 7) is 2.01. The number of anilines is 1. The van der Waals surface area contributed by atoms with Crippen molar-refractivity contribution < 1.29 is 4.79 Å². The number of amides is 1. The summed E-state index contributed by atoms with van der Waals surface area (Å²) in [5.41, 5.74) is 1.51. The molecule has 7 heteroatoms. The monoisotopic (exact) mass is 356 g/mol. The minimum atomic E-state index is -0.350. The molecule has 0 radical (unpaired) electrons. The van der Waals surface area contributed by atoms with Crippen LogP contribution in [0.25, 0.3) is 5.69 Å². The van der Waals surface area contributed by atoms with Crippen LogP contribution >= 0.6 is 22.9 Å². The van der Waals surface area contributed by atoms with E-state index in [0.29, 0.717) is 15.6 Å². The van der Waals surface area contributed by atoms with Crippen molar-refractivity contribution in [3.05, 3.63) is 63.8 Å². The lowest BCUT2D eigenvalue weighted by Gasteiger charge is -2.02. The van der Waals surface area contributed by atoms with Gasteiger partial charge in [0.05, 0.1) is 11.3 Å². The maximum absolute atomic E-state index is 12.4. The molecule has 5 nitrogen and oxygen atoms in total. The summed E-state index contributed by atoms with van der Waals surface area (Å²) in [5, 5.41) is 17.3. The molecule has 2 heterocycles. The number of thiophene rings is 1. The number of hydrogen-bond acceptors (Lipinski definition) is 4. The molecular formula is C17H13ClN4OS. The normalized spacial score (nSPS) is 10.4. The lowest BCUT2D eigenvalue weighted by atomic mass is 10.3. The molecule has 3 rings (SSSR count). The van der Waals surface area contributed by atoms with Crippen LogP contribution in [0.15, 0.2) is 42.6 Å². The van der Waals surface area contributed by atoms with E-state index in [1.165, 1.54) is 11.3 Å². The molecule has 0 aliphatic heterocycles. The highest BCUT2D eigenvalue weighted by Gasteiger charge is 2.15. The Bertz CT molecular complexity index is 938. The molecule has 0 aliphatic rings. The zero-order valence-corrected chi connectivity index (χ0v) is 14.4. The maximum Gasteiger partial charge on any atom is 0.276 e. The molecule has 1 aromatic carbocycles. The summed E-state index contributed by atoms with van der Waals surface area (Å²) in [4.78, 5) is 13.4. The summed E-state index contributed by atoms with van der Waals surface area (Å²) in [6.07, 6.45) is 2.51. The Balaban J connectivity index is 1.82. The fraction of sp³-hybridized carbons (Fsp3) is 0.118. The van der Waals surface area contributed by atoms with Gasteiger partial charge in [0.25, 0.3) is 5.91 Å². The Labute approximate surface area is 148 Å². The Kier molecular flexibility index (Phi) is 4.65. The lowest BCUT2D eigenvalue weighted by Crippen LogP contribution is -2.13. The first kappa shape index (κ1) is 16.2. The van der Waals surface area contributed by atoms with Crippen LogP contribution in [0.5, 0.6) is 0 Å². The minimum Gasteiger partial charge on any atom is -0.311 e. The number of carbonyl (C=O) groups is 1. The van der Waals surface area contributed by atoms with Gasteiger partial charge in [-0.1, -0.05) is 24.6 Å². The molecule has 0 aliphatic carbocycles. The molecule has 0 saturated heterocycles. The van der Waals surface area contributed by atoms with Gasteiger partial charge in [0.15, 0.2) is 5.69 Å². The molecule has 3 aromatic rings. The van der Waals surface area contributed by atoms with Gasteiger partial charge < -0.3 is 5.32 Å². The van der Waals surface area contributed by atoms with Gasteiger partial charge in [-0.2, -0.15) is 10.4 Å². The van der Waals surface area contributed by atoms with E-state index in [2.05, 4.69) is 16.5 Å². The van der Waals surface area contributed by atoms with E-state index in [1.54, 1.807) is 35.1 Å². The van der Waals surface area contributed by atoms with Gasteiger partial charge in [-0.05, 0) is 36.8 Å². The van der Waals surface area contributed by atoms with Crippen LogP contribution < -0.4 is 5.32 Å². The number of aromatic nitrogens is 2. The highest BCUT2D eigenvalue weighted by atomic mass is 35.5. The highest BCUT2D eigenvalue weighted by Crippen LogP contribution is 2.28. The second kappa shape index (κ2) is 6.87. The van der Waals surface area contributed by atoms with Crippen molar-refractivity contribution in [2.24, 2.45) is 0 Å². The molecule has 120 valence electrons. The van der Waals surface area contributed by atoms with E-state index in [4.69, 9.17) is 16.9 Å². The minimum absolute atomic E-state index is 0.269. The Hall–Kier alpha value is -2.62. The van der Waals surface area contributed by atoms with E-state index < -0.39 is 0 Å². The van der Waals surface area contributed by atoms with Gasteiger partial charge in [0.1, 0.15) is 11.1 Å². The molecule has 0 unspecified atom stereocenters. The average molecular weight is 357 g/mol. The second-order valence-corrected chi connectivity index (χ2v) is 6.57. The van der Waals surface area contributed by atoms with E-state index in [0.717, 1.165) is 17.0 Å². The van der Waals surface area contributed by atoms with Crippen molar-refractivity contribution >= 4 is 33.8 Å². The number of benzene rings is 1. The summed E-state index contributed by atoms with van der Waals surface area (Å²) >= 11 is 7.38. The Morgan fingerprint density at radius 1 is 1.42 bits per heavy atom. The first-order valence-corrected chi connectivity index (χ1v) is 8.46. The van der Waals surface area contributed by atoms with Crippen LogP contribution in [0.3, 0.4) is 0 Å². The molecule has 1 N–H and O–H groups in total. The molecule has 0 spiro atoms. The molecule has 2 aromatic heterocycles. The van der Waals surface area contributed by atoms with Gasteiger partial charge in [-0.3, -0.25) is 4.79 Å². The SMILES string of the molecule is CCc1cc(C#N)c(NC(=O)c2ccn(-c3cccc(Cl)c3)n2)s1. The second-order valence-electron chi connectivity index (χ2n) is 5.00. The van der Waals surface area contributed by atoms with Crippen LogP contribution in [0.4, 0.5) is 5.00 Å². The molecular weight excluding hydrogens is 344 g/mol. The smallest absolute Gasteiger partial charge is 0.276 e. The average Bonchev–Trinajstić information content (AvgIpc) is 3.21. The van der Waals surface area contributed by atoms with Gasteiger partial charge in [0.2, 0.25) is 0 Å². The topological polar surface area (TPSA) is 70.7 Å². The van der Waals surface area contributed by atoms with Crippen LogP contribution in [-0.4, -0.2) is 15.7 Å². The van der Waals surface area contributed by atoms with Crippen LogP contribution in [-0.2, 0) is 6.42 Å². The van der Waals surface area contributed by atoms with Crippen molar-refractivity contribution in [2.75, 3.05) is 5.32 Å². The summed E-state index contributed by atoms with van der Waals surface area (Å²) in [6, 6.07) is 12.7. The molecule has 0 saturated carbocycles.